The van der Waals surface area contributed by atoms with Gasteiger partial charge in [0.1, 0.15) is 10.6 Å². The van der Waals surface area contributed by atoms with Crippen molar-refractivity contribution >= 4 is 37.3 Å². The molecule has 0 fully saturated rings. The Hall–Kier alpha value is -1.84. The van der Waals surface area contributed by atoms with E-state index in [-0.39, 0.29) is 10.6 Å². The van der Waals surface area contributed by atoms with E-state index in [1.807, 2.05) is 0 Å². The van der Waals surface area contributed by atoms with Crippen LogP contribution in [0, 0.1) is 0 Å². The molecule has 9 heteroatoms. The summed E-state index contributed by atoms with van der Waals surface area (Å²) >= 11 is 3.28. The number of methoxy groups -OCH3 is 1. The SMILES string of the molecule is COc1ccc(Br)c(NS(=O)(=O)c2cnccc2NN)c1. The van der Waals surface area contributed by atoms with E-state index in [9.17, 15) is 8.42 Å². The predicted octanol–water partition coefficient (Wildman–Crippen LogP) is 1.94. The Balaban J connectivity index is 2.42. The molecule has 0 saturated heterocycles. The van der Waals surface area contributed by atoms with Crippen molar-refractivity contribution in [3.8, 4) is 5.75 Å². The highest BCUT2D eigenvalue weighted by atomic mass is 79.9. The standard InChI is InChI=1S/C12H13BrN4O3S/c1-20-8-2-3-9(13)11(6-8)17-21(18,19)12-7-15-5-4-10(12)16-14/h2-7,17H,14H2,1H3,(H,15,16). The van der Waals surface area contributed by atoms with Gasteiger partial charge in [-0.2, -0.15) is 0 Å². The van der Waals surface area contributed by atoms with Crippen molar-refractivity contribution in [2.75, 3.05) is 17.3 Å². The van der Waals surface area contributed by atoms with Gasteiger partial charge in [-0.25, -0.2) is 8.42 Å². The van der Waals surface area contributed by atoms with Crippen LogP contribution in [0.3, 0.4) is 0 Å². The molecule has 0 aliphatic rings. The maximum absolute atomic E-state index is 12.4. The van der Waals surface area contributed by atoms with Crippen molar-refractivity contribution in [2.45, 2.75) is 4.90 Å². The summed E-state index contributed by atoms with van der Waals surface area (Å²) in [4.78, 5) is 3.75. The minimum Gasteiger partial charge on any atom is -0.497 e. The highest BCUT2D eigenvalue weighted by Crippen LogP contribution is 2.30. The zero-order valence-corrected chi connectivity index (χ0v) is 13.4. The van der Waals surface area contributed by atoms with E-state index in [2.05, 4.69) is 31.1 Å². The summed E-state index contributed by atoms with van der Waals surface area (Å²) in [6.07, 6.45) is 2.65. The molecule has 1 aromatic carbocycles. The van der Waals surface area contributed by atoms with E-state index >= 15 is 0 Å². The highest BCUT2D eigenvalue weighted by Gasteiger charge is 2.20. The van der Waals surface area contributed by atoms with Gasteiger partial charge in [0, 0.05) is 22.9 Å². The van der Waals surface area contributed by atoms with Gasteiger partial charge >= 0.3 is 0 Å². The van der Waals surface area contributed by atoms with Crippen LogP contribution >= 0.6 is 15.9 Å². The lowest BCUT2D eigenvalue weighted by atomic mass is 10.3. The van der Waals surface area contributed by atoms with E-state index in [0.717, 1.165) is 0 Å². The second kappa shape index (κ2) is 6.29. The second-order valence-corrected chi connectivity index (χ2v) is 6.47. The van der Waals surface area contributed by atoms with Gasteiger partial charge in [0.05, 0.1) is 18.5 Å². The average Bonchev–Trinajstić information content (AvgIpc) is 2.49. The number of pyridine rings is 1. The molecule has 2 aromatic rings. The molecule has 7 nitrogen and oxygen atoms in total. The maximum Gasteiger partial charge on any atom is 0.265 e. The fourth-order valence-corrected chi connectivity index (χ4v) is 3.28. The number of halogens is 1. The number of nitrogens with one attached hydrogen (secondary N) is 2. The molecule has 21 heavy (non-hydrogen) atoms. The molecule has 0 radical (unpaired) electrons. The van der Waals surface area contributed by atoms with Crippen LogP contribution in [0.1, 0.15) is 0 Å². The van der Waals surface area contributed by atoms with Gasteiger partial charge in [0.25, 0.3) is 10.0 Å². The smallest absolute Gasteiger partial charge is 0.265 e. The number of anilines is 2. The van der Waals surface area contributed by atoms with Crippen molar-refractivity contribution in [3.63, 3.8) is 0 Å². The molecule has 0 unspecified atom stereocenters. The molecule has 1 aromatic heterocycles. The van der Waals surface area contributed by atoms with Crippen LogP contribution in [0.15, 0.2) is 46.0 Å². The fourth-order valence-electron chi connectivity index (χ4n) is 1.62. The van der Waals surface area contributed by atoms with E-state index in [4.69, 9.17) is 10.6 Å². The van der Waals surface area contributed by atoms with Crippen LogP contribution < -0.4 is 20.7 Å². The quantitative estimate of drug-likeness (QED) is 0.546. The van der Waals surface area contributed by atoms with E-state index in [0.29, 0.717) is 15.9 Å². The Morgan fingerprint density at radius 3 is 2.71 bits per heavy atom. The molecule has 0 atom stereocenters. The Morgan fingerprint density at radius 2 is 2.05 bits per heavy atom. The maximum atomic E-state index is 12.4. The van der Waals surface area contributed by atoms with Crippen LogP contribution in [0.4, 0.5) is 11.4 Å². The molecule has 0 aliphatic heterocycles. The number of benzene rings is 1. The molecular weight excluding hydrogens is 360 g/mol. The third-order valence-electron chi connectivity index (χ3n) is 2.65. The van der Waals surface area contributed by atoms with Crippen LogP contribution in [0.25, 0.3) is 0 Å². The average molecular weight is 373 g/mol. The van der Waals surface area contributed by atoms with Crippen molar-refractivity contribution in [3.05, 3.63) is 41.1 Å². The normalized spacial score (nSPS) is 11.0. The van der Waals surface area contributed by atoms with Crippen molar-refractivity contribution < 1.29 is 13.2 Å². The van der Waals surface area contributed by atoms with Crippen LogP contribution in [-0.4, -0.2) is 20.5 Å². The Kier molecular flexibility index (Phi) is 4.66. The first-order valence-corrected chi connectivity index (χ1v) is 8.02. The number of nitrogens with zero attached hydrogens (tertiary/aromatic N) is 1. The van der Waals surface area contributed by atoms with Gasteiger partial charge in [-0.05, 0) is 34.1 Å². The summed E-state index contributed by atoms with van der Waals surface area (Å²) < 4.78 is 33.0. The number of sulfonamides is 1. The lowest BCUT2D eigenvalue weighted by Crippen LogP contribution is -2.18. The fraction of sp³-hybridized carbons (Fsp3) is 0.0833. The molecule has 0 aliphatic carbocycles. The largest absolute Gasteiger partial charge is 0.497 e. The minimum absolute atomic E-state index is 0.0535. The predicted molar refractivity (Wildman–Crippen MR) is 83.5 cm³/mol. The summed E-state index contributed by atoms with van der Waals surface area (Å²) in [7, 11) is -2.35. The molecule has 1 heterocycles. The number of nitrogens with two attached hydrogens (primary N) is 1. The number of hydrazine groups is 1. The van der Waals surface area contributed by atoms with Gasteiger partial charge in [-0.3, -0.25) is 15.5 Å². The third kappa shape index (κ3) is 3.43. The second-order valence-electron chi connectivity index (χ2n) is 3.97. The number of nitrogen functional groups attached to an aromatic ring is 1. The van der Waals surface area contributed by atoms with Gasteiger partial charge in [0.15, 0.2) is 0 Å². The highest BCUT2D eigenvalue weighted by molar-refractivity contribution is 9.10. The first-order chi connectivity index (χ1) is 9.97. The number of hydrogen-bond acceptors (Lipinski definition) is 6. The summed E-state index contributed by atoms with van der Waals surface area (Å²) in [5, 5.41) is 0. The van der Waals surface area contributed by atoms with Gasteiger partial charge in [-0.15, -0.1) is 0 Å². The van der Waals surface area contributed by atoms with Crippen molar-refractivity contribution in [2.24, 2.45) is 5.84 Å². The van der Waals surface area contributed by atoms with E-state index in [1.54, 1.807) is 18.2 Å². The third-order valence-corrected chi connectivity index (χ3v) is 4.73. The summed E-state index contributed by atoms with van der Waals surface area (Å²) in [6, 6.07) is 6.42. The van der Waals surface area contributed by atoms with Gasteiger partial charge < -0.3 is 10.2 Å². The van der Waals surface area contributed by atoms with Gasteiger partial charge in [-0.1, -0.05) is 0 Å². The first-order valence-electron chi connectivity index (χ1n) is 5.75. The lowest BCUT2D eigenvalue weighted by Gasteiger charge is -2.13. The lowest BCUT2D eigenvalue weighted by molar-refractivity contribution is 0.415. The van der Waals surface area contributed by atoms with Crippen LogP contribution in [0.2, 0.25) is 0 Å². The number of hydrogen-bond donors (Lipinski definition) is 3. The summed E-state index contributed by atoms with van der Waals surface area (Å²) in [5.41, 5.74) is 2.92. The molecule has 0 saturated carbocycles. The Morgan fingerprint density at radius 1 is 1.29 bits per heavy atom. The number of ether oxygens (including phenoxy) is 1. The Labute approximate surface area is 130 Å². The zero-order chi connectivity index (χ0) is 15.5. The molecule has 0 amide bonds. The van der Waals surface area contributed by atoms with E-state index in [1.165, 1.54) is 25.6 Å². The van der Waals surface area contributed by atoms with Crippen molar-refractivity contribution in [1.29, 1.82) is 0 Å². The molecule has 2 rings (SSSR count). The van der Waals surface area contributed by atoms with Crippen molar-refractivity contribution in [1.82, 2.24) is 4.98 Å². The molecule has 0 bridgehead atoms. The molecular formula is C12H13BrN4O3S. The molecule has 4 N–H and O–H groups in total. The number of rotatable bonds is 5. The van der Waals surface area contributed by atoms with E-state index < -0.39 is 10.0 Å². The molecule has 112 valence electrons. The first kappa shape index (κ1) is 15.5. The van der Waals surface area contributed by atoms with Crippen LogP contribution in [0.5, 0.6) is 5.75 Å². The van der Waals surface area contributed by atoms with Crippen LogP contribution in [-0.2, 0) is 10.0 Å². The monoisotopic (exact) mass is 372 g/mol. The topological polar surface area (TPSA) is 106 Å². The Bertz CT molecular complexity index is 752. The summed E-state index contributed by atoms with van der Waals surface area (Å²) in [5.74, 6) is 5.84. The number of aromatic nitrogens is 1. The summed E-state index contributed by atoms with van der Waals surface area (Å²) in [6.45, 7) is 0. The van der Waals surface area contributed by atoms with Gasteiger partial charge in [0.2, 0.25) is 0 Å². The minimum atomic E-state index is -3.84. The zero-order valence-electron chi connectivity index (χ0n) is 11.0. The molecule has 0 spiro atoms.